The minimum atomic E-state index is -3.81. The summed E-state index contributed by atoms with van der Waals surface area (Å²) in [6.07, 6.45) is 5.87. The Labute approximate surface area is 835 Å². The number of amides is 3. The highest BCUT2D eigenvalue weighted by Crippen LogP contribution is 2.44. The van der Waals surface area contributed by atoms with Crippen molar-refractivity contribution >= 4 is 124 Å². The van der Waals surface area contributed by atoms with E-state index in [0.717, 1.165) is 5.56 Å². The highest BCUT2D eigenvalue weighted by Gasteiger charge is 2.41. The number of likely N-dealkylation sites (N-methyl/N-ethyl adjacent to an activating group) is 1. The SMILES string of the molecule is C=CC(=O)N1CC(C)N(c2nc(=O)n(-c3c(C(C)C)nc(OCCN(C)C)nc3C(C)C)c3nc(-c4ccccc4F)c(Cl)cc23)CC1C.C=CC(=O)N1CC(C)N(c2nc(=O)n(-c3c(C(C)C)nc(S(=O)(=O)CCC)nc3C(C)C)c3nc(-c4ccccc4F)c(Cl)cc23)CC1C.C=CC(=O)N1CC(C)N(c2nc(=O)n(-c3ccc(S(C)=O)cc3C(C)C)c3nc(-c4ccccc4F)c(Cl)cc23)CC1C. The van der Waals surface area contributed by atoms with Gasteiger partial charge in [0.15, 0.2) is 16.9 Å². The van der Waals surface area contributed by atoms with Crippen LogP contribution in [0.2, 0.25) is 15.1 Å². The van der Waals surface area contributed by atoms with Gasteiger partial charge in [0.2, 0.25) is 32.7 Å². The number of hydrogen-bond donors (Lipinski definition) is 0. The van der Waals surface area contributed by atoms with E-state index in [9.17, 15) is 45.8 Å². The highest BCUT2D eigenvalue weighted by atomic mass is 35.5. The monoisotopic (exact) mass is 2020 g/mol. The van der Waals surface area contributed by atoms with Gasteiger partial charge in [0, 0.05) is 121 Å². The Hall–Kier alpha value is -12.5. The molecule has 30 nitrogen and oxygen atoms in total. The van der Waals surface area contributed by atoms with Crippen molar-refractivity contribution < 1.29 is 44.9 Å². The van der Waals surface area contributed by atoms with E-state index in [1.54, 1.807) is 113 Å². The molecule has 3 amide bonds. The van der Waals surface area contributed by atoms with Crippen LogP contribution >= 0.6 is 34.8 Å². The molecule has 3 saturated heterocycles. The first-order valence-electron chi connectivity index (χ1n) is 46.8. The zero-order valence-corrected chi connectivity index (χ0v) is 86.7. The summed E-state index contributed by atoms with van der Waals surface area (Å²) >= 11 is 20.5. The molecule has 744 valence electrons. The molecule has 3 fully saturated rings. The summed E-state index contributed by atoms with van der Waals surface area (Å²) in [6, 6.07) is 27.7. The minimum absolute atomic E-state index is 0.0326. The summed E-state index contributed by atoms with van der Waals surface area (Å²) in [6.45, 7) is 46.9. The van der Waals surface area contributed by atoms with E-state index in [1.807, 2.05) is 151 Å². The van der Waals surface area contributed by atoms with Crippen molar-refractivity contribution in [3.63, 3.8) is 0 Å². The Kier molecular flexibility index (Phi) is 32.9. The van der Waals surface area contributed by atoms with Crippen molar-refractivity contribution in [3.05, 3.63) is 239 Å². The van der Waals surface area contributed by atoms with Gasteiger partial charge in [-0.15, -0.1) is 0 Å². The number of carbonyl (C=O) groups excluding carboxylic acids is 3. The van der Waals surface area contributed by atoms with Crippen LogP contribution in [0.1, 0.15) is 182 Å². The quantitative estimate of drug-likeness (QED) is 0.0379. The van der Waals surface area contributed by atoms with Gasteiger partial charge in [-0.3, -0.25) is 18.6 Å². The normalized spacial score (nSPS) is 17.1. The second-order valence-electron chi connectivity index (χ2n) is 37.5. The molecule has 38 heteroatoms. The summed E-state index contributed by atoms with van der Waals surface area (Å²) in [5, 5.41) is 1.63. The number of rotatable bonds is 25. The molecule has 12 aromatic rings. The minimum Gasteiger partial charge on any atom is -0.462 e. The van der Waals surface area contributed by atoms with Crippen molar-refractivity contribution in [2.24, 2.45) is 0 Å². The Morgan fingerprint density at radius 3 is 1.10 bits per heavy atom. The number of carbonyl (C=O) groups is 3. The molecule has 0 aliphatic carbocycles. The predicted molar refractivity (Wildman–Crippen MR) is 552 cm³/mol. The number of nitrogens with zero attached hydrogens (tertiary/aromatic N) is 20. The summed E-state index contributed by atoms with van der Waals surface area (Å²) in [7, 11) is -1.13. The van der Waals surface area contributed by atoms with Gasteiger partial charge in [0.1, 0.15) is 41.5 Å². The van der Waals surface area contributed by atoms with Gasteiger partial charge in [0.25, 0.3) is 0 Å². The molecule has 8 aromatic heterocycles. The van der Waals surface area contributed by atoms with Gasteiger partial charge in [-0.1, -0.05) is 167 Å². The van der Waals surface area contributed by atoms with Gasteiger partial charge in [-0.05, 0) is 188 Å². The lowest BCUT2D eigenvalue weighted by Crippen LogP contribution is -2.58. The molecule has 7 atom stereocenters. The number of halogens is 6. The average molecular weight is 2020 g/mol. The second kappa shape index (κ2) is 43.9. The number of hydrogen-bond acceptors (Lipinski definition) is 24. The molecular formula is C103H118Cl3F3N20O10S2. The van der Waals surface area contributed by atoms with Crippen molar-refractivity contribution in [2.45, 2.75) is 200 Å². The van der Waals surface area contributed by atoms with Crippen LogP contribution in [-0.2, 0) is 35.0 Å². The fourth-order valence-corrected chi connectivity index (χ4v) is 20.4. The van der Waals surface area contributed by atoms with Crippen molar-refractivity contribution in [1.29, 1.82) is 0 Å². The third-order valence-electron chi connectivity index (χ3n) is 25.1. The van der Waals surface area contributed by atoms with Crippen LogP contribution < -0.4 is 36.5 Å². The molecule has 0 bridgehead atoms. The molecule has 11 heterocycles. The van der Waals surface area contributed by atoms with E-state index >= 15 is 8.78 Å². The zero-order valence-electron chi connectivity index (χ0n) is 82.8. The summed E-state index contributed by atoms with van der Waals surface area (Å²) in [5.41, 5.74) is 3.61. The number of pyridine rings is 3. The van der Waals surface area contributed by atoms with Crippen LogP contribution in [0.25, 0.3) is 83.9 Å². The van der Waals surface area contributed by atoms with E-state index in [2.05, 4.69) is 44.7 Å². The van der Waals surface area contributed by atoms with Crippen molar-refractivity contribution in [3.8, 4) is 56.8 Å². The van der Waals surface area contributed by atoms with Gasteiger partial charge in [-0.2, -0.15) is 24.9 Å². The largest absolute Gasteiger partial charge is 0.462 e. The van der Waals surface area contributed by atoms with E-state index in [4.69, 9.17) is 64.5 Å². The molecule has 3 aliphatic heterocycles. The van der Waals surface area contributed by atoms with Crippen LogP contribution in [0, 0.1) is 17.5 Å². The first-order valence-corrected chi connectivity index (χ1v) is 51.2. The Morgan fingerprint density at radius 1 is 0.468 bits per heavy atom. The van der Waals surface area contributed by atoms with Gasteiger partial charge >= 0.3 is 23.1 Å². The molecular weight excluding hydrogens is 1900 g/mol. The summed E-state index contributed by atoms with van der Waals surface area (Å²) in [4.78, 5) is 142. The van der Waals surface area contributed by atoms with Crippen LogP contribution in [0.5, 0.6) is 6.01 Å². The zero-order chi connectivity index (χ0) is 103. The molecule has 3 aliphatic rings. The van der Waals surface area contributed by atoms with E-state index < -0.39 is 55.2 Å². The second-order valence-corrected chi connectivity index (χ2v) is 42.1. The van der Waals surface area contributed by atoms with E-state index in [-0.39, 0.29) is 172 Å². The van der Waals surface area contributed by atoms with Gasteiger partial charge < -0.3 is 39.0 Å². The molecule has 0 spiro atoms. The average Bonchev–Trinajstić information content (AvgIpc) is 0.741. The number of piperazine rings is 3. The topological polar surface area (TPSA) is 329 Å². The molecule has 0 radical (unpaired) electrons. The maximum absolute atomic E-state index is 15.2. The lowest BCUT2D eigenvalue weighted by Gasteiger charge is -2.44. The maximum Gasteiger partial charge on any atom is 0.355 e. The number of aromatic nitrogens is 13. The third-order valence-corrected chi connectivity index (χ3v) is 28.6. The summed E-state index contributed by atoms with van der Waals surface area (Å²) in [5.74, 6) is -2.17. The molecule has 0 N–H and O–H groups in total. The number of sulfone groups is 1. The maximum atomic E-state index is 15.2. The highest BCUT2D eigenvalue weighted by molar-refractivity contribution is 7.91. The molecule has 15 rings (SSSR count). The van der Waals surface area contributed by atoms with Crippen LogP contribution in [0.4, 0.5) is 30.6 Å². The molecule has 141 heavy (non-hydrogen) atoms. The molecule has 7 unspecified atom stereocenters. The number of fused-ring (bicyclic) bond motifs is 3. The molecule has 4 aromatic carbocycles. The van der Waals surface area contributed by atoms with Crippen LogP contribution in [0.15, 0.2) is 172 Å². The van der Waals surface area contributed by atoms with E-state index in [1.165, 1.54) is 50.1 Å². The van der Waals surface area contributed by atoms with Crippen LogP contribution in [0.3, 0.4) is 0 Å². The first-order chi connectivity index (χ1) is 66.7. The van der Waals surface area contributed by atoms with Gasteiger partial charge in [-0.25, -0.2) is 74.6 Å². The molecule has 0 saturated carbocycles. The fraction of sp³-hybridized carbons (Fsp3) is 0.398. The van der Waals surface area contributed by atoms with E-state index in [0.29, 0.717) is 131 Å². The van der Waals surface area contributed by atoms with Crippen LogP contribution in [-0.4, -0.2) is 228 Å². The standard InChI is InChI=1S/C36H44ClFN8O3.C35H41ClFN7O4S.C32H33ClFN5O3S/c1-10-28(47)44-18-23(7)45(19-22(44)6)33-25-17-26(37)31(24-13-11-12-14-27(24)38)39-34(25)46(36(48)42-33)32-29(20(2)3)40-35(41-30(32)21(4)5)49-16-15-43(8)9;1-9-15-49(47,48)34-39-28(19(3)4)31(29(40-34)20(5)6)44-33-24(16-25(36)30(38-33)23-13-11-12-14-26(23)37)32(41-35(44)46)43-18-21(7)42(17-22(43)8)27(45)10-2;1-7-28(40)37-16-20(5)38(17-19(37)4)30-24-15-25(33)29(22-10-8-9-11-26(22)34)35-31(24)39(32(41)36-30)27-13-12-21(43(6)42)14-23(27)18(2)3/h10-14,17,20-23H,1,15-16,18-19H2,2-9H3;10-14,16,19-22H,2,9,15,17-18H2,1,3-8H3;7-15,18-20H,1,16-17H2,2-6H3. The number of anilines is 3. The Morgan fingerprint density at radius 2 is 0.794 bits per heavy atom. The van der Waals surface area contributed by atoms with Gasteiger partial charge in [0.05, 0.1) is 93.9 Å². The summed E-state index contributed by atoms with van der Waals surface area (Å²) < 4.78 is 94.3. The fourth-order valence-electron chi connectivity index (χ4n) is 17.9. The predicted octanol–water partition coefficient (Wildman–Crippen LogP) is 17.6. The lowest BCUT2D eigenvalue weighted by atomic mass is 10.0. The van der Waals surface area contributed by atoms with Crippen molar-refractivity contribution in [1.82, 2.24) is 83.1 Å². The lowest BCUT2D eigenvalue weighted by molar-refractivity contribution is -0.129. The Balaban J connectivity index is 0.000000178. The van der Waals surface area contributed by atoms with Crippen molar-refractivity contribution in [2.75, 3.05) is 93.2 Å². The number of ether oxygens (including phenoxy) is 1. The smallest absolute Gasteiger partial charge is 0.355 e. The Bertz CT molecular complexity index is 7190. The number of benzene rings is 4. The first kappa shape index (κ1) is 106. The third kappa shape index (κ3) is 21.8.